The minimum absolute atomic E-state index is 0.363. The van der Waals surface area contributed by atoms with E-state index in [1.54, 1.807) is 0 Å². The van der Waals surface area contributed by atoms with Crippen LogP contribution in [0.5, 0.6) is 0 Å². The second-order valence-corrected chi connectivity index (χ2v) is 3.23. The average molecular weight is 149 g/mol. The van der Waals surface area contributed by atoms with E-state index >= 15 is 0 Å². The molecule has 48 valence electrons. The second kappa shape index (κ2) is 2.80. The van der Waals surface area contributed by atoms with Crippen LogP contribution < -0.4 is 5.73 Å². The predicted octanol–water partition coefficient (Wildman–Crippen LogP) is 1.37. The van der Waals surface area contributed by atoms with Crippen LogP contribution in [0, 0.1) is 0 Å². The first-order valence-corrected chi connectivity index (χ1v) is 3.38. The van der Waals surface area contributed by atoms with Crippen LogP contribution in [0.15, 0.2) is 0 Å². The first-order valence-electron chi connectivity index (χ1n) is 2.53. The van der Waals surface area contributed by atoms with Gasteiger partial charge in [-0.3, -0.25) is 0 Å². The third-order valence-electron chi connectivity index (χ3n) is 1.22. The molecule has 0 aromatic heterocycles. The molecule has 0 spiro atoms. The molecule has 0 rings (SSSR count). The highest BCUT2D eigenvalue weighted by molar-refractivity contribution is 8.11. The van der Waals surface area contributed by atoms with Gasteiger partial charge in [0.1, 0.15) is 0 Å². The van der Waals surface area contributed by atoms with Gasteiger partial charge < -0.3 is 5.73 Å². The van der Waals surface area contributed by atoms with Crippen molar-refractivity contribution in [2.24, 2.45) is 5.73 Å². The van der Waals surface area contributed by atoms with Crippen LogP contribution >= 0.6 is 24.8 Å². The molecule has 1 atom stereocenters. The molecular weight excluding hydrogens is 138 g/mol. The molecule has 1 unspecified atom stereocenters. The SMILES string of the molecule is CCC(C)(N)C(=S)S. The van der Waals surface area contributed by atoms with Crippen LogP contribution in [0.4, 0.5) is 0 Å². The summed E-state index contributed by atoms with van der Waals surface area (Å²) in [6.45, 7) is 3.87. The summed E-state index contributed by atoms with van der Waals surface area (Å²) < 4.78 is 0.583. The van der Waals surface area contributed by atoms with Crippen molar-refractivity contribution in [3.63, 3.8) is 0 Å². The van der Waals surface area contributed by atoms with Gasteiger partial charge >= 0.3 is 0 Å². The topological polar surface area (TPSA) is 26.0 Å². The van der Waals surface area contributed by atoms with Gasteiger partial charge in [-0.05, 0) is 13.3 Å². The van der Waals surface area contributed by atoms with Gasteiger partial charge in [-0.1, -0.05) is 19.1 Å². The Balaban J connectivity index is 3.91. The predicted molar refractivity (Wildman–Crippen MR) is 44.5 cm³/mol. The lowest BCUT2D eigenvalue weighted by atomic mass is 10.0. The van der Waals surface area contributed by atoms with Gasteiger partial charge in [0.2, 0.25) is 0 Å². The van der Waals surface area contributed by atoms with Crippen LogP contribution in [-0.2, 0) is 0 Å². The molecule has 0 saturated heterocycles. The molecule has 0 aliphatic heterocycles. The van der Waals surface area contributed by atoms with Gasteiger partial charge in [-0.15, -0.1) is 12.6 Å². The van der Waals surface area contributed by atoms with Gasteiger partial charge in [0.25, 0.3) is 0 Å². The second-order valence-electron chi connectivity index (χ2n) is 2.08. The lowest BCUT2D eigenvalue weighted by Gasteiger charge is -2.19. The Labute approximate surface area is 61.1 Å². The zero-order chi connectivity index (χ0) is 6.78. The molecule has 1 nitrogen and oxygen atoms in total. The number of hydrogen-bond donors (Lipinski definition) is 2. The molecule has 0 amide bonds. The van der Waals surface area contributed by atoms with E-state index in [2.05, 4.69) is 12.6 Å². The van der Waals surface area contributed by atoms with Crippen molar-refractivity contribution in [3.05, 3.63) is 0 Å². The molecular formula is C5H11NS2. The molecule has 0 fully saturated rings. The first-order chi connectivity index (χ1) is 3.50. The quantitative estimate of drug-likeness (QED) is 0.458. The highest BCUT2D eigenvalue weighted by Gasteiger charge is 2.17. The molecule has 0 aliphatic rings. The highest BCUT2D eigenvalue weighted by atomic mass is 32.1. The van der Waals surface area contributed by atoms with E-state index in [9.17, 15) is 0 Å². The van der Waals surface area contributed by atoms with E-state index in [4.69, 9.17) is 18.0 Å². The largest absolute Gasteiger partial charge is 0.321 e. The smallest absolute Gasteiger partial charge is 0.0644 e. The molecule has 0 saturated carbocycles. The van der Waals surface area contributed by atoms with E-state index in [0.29, 0.717) is 4.20 Å². The number of nitrogens with two attached hydrogens (primary N) is 1. The van der Waals surface area contributed by atoms with Gasteiger partial charge in [-0.2, -0.15) is 0 Å². The summed E-state index contributed by atoms with van der Waals surface area (Å²) in [6, 6.07) is 0. The van der Waals surface area contributed by atoms with Crippen molar-refractivity contribution in [2.75, 3.05) is 0 Å². The lowest BCUT2D eigenvalue weighted by molar-refractivity contribution is 0.618. The molecule has 0 aliphatic carbocycles. The van der Waals surface area contributed by atoms with E-state index < -0.39 is 0 Å². The highest BCUT2D eigenvalue weighted by Crippen LogP contribution is 2.09. The van der Waals surface area contributed by atoms with Crippen molar-refractivity contribution in [1.82, 2.24) is 0 Å². The van der Waals surface area contributed by atoms with Crippen molar-refractivity contribution in [3.8, 4) is 0 Å². The van der Waals surface area contributed by atoms with E-state index in [1.165, 1.54) is 0 Å². The number of thiol groups is 1. The standard InChI is InChI=1S/C5H11NS2/c1-3-5(2,6)4(7)8/h3,6H2,1-2H3,(H,7,8). The molecule has 0 heterocycles. The maximum absolute atomic E-state index is 5.64. The summed E-state index contributed by atoms with van der Waals surface area (Å²) in [5, 5.41) is 0. The Morgan fingerprint density at radius 3 is 2.25 bits per heavy atom. The maximum Gasteiger partial charge on any atom is 0.0644 e. The Morgan fingerprint density at radius 1 is 1.88 bits per heavy atom. The van der Waals surface area contributed by atoms with Crippen molar-refractivity contribution in [2.45, 2.75) is 25.8 Å². The van der Waals surface area contributed by atoms with Crippen molar-refractivity contribution < 1.29 is 0 Å². The molecule has 0 aromatic rings. The summed E-state index contributed by atoms with van der Waals surface area (Å²) in [4.78, 5) is 0. The molecule has 0 radical (unpaired) electrons. The zero-order valence-electron chi connectivity index (χ0n) is 5.14. The van der Waals surface area contributed by atoms with Crippen LogP contribution in [0.25, 0.3) is 0 Å². The molecule has 2 N–H and O–H groups in total. The molecule has 0 aromatic carbocycles. The van der Waals surface area contributed by atoms with Gasteiger partial charge in [0.05, 0.1) is 9.74 Å². The Hall–Kier alpha value is 0.400. The van der Waals surface area contributed by atoms with E-state index in [-0.39, 0.29) is 5.54 Å². The van der Waals surface area contributed by atoms with Crippen LogP contribution in [0.3, 0.4) is 0 Å². The van der Waals surface area contributed by atoms with Crippen molar-refractivity contribution >= 4 is 29.0 Å². The maximum atomic E-state index is 5.64. The van der Waals surface area contributed by atoms with Crippen molar-refractivity contribution in [1.29, 1.82) is 0 Å². The van der Waals surface area contributed by atoms with E-state index in [1.807, 2.05) is 13.8 Å². The van der Waals surface area contributed by atoms with E-state index in [0.717, 1.165) is 6.42 Å². The van der Waals surface area contributed by atoms with Gasteiger partial charge in [0.15, 0.2) is 0 Å². The fourth-order valence-corrected chi connectivity index (χ4v) is 0.454. The number of hydrogen-bond acceptors (Lipinski definition) is 2. The number of thiocarbonyl (C=S) groups is 1. The molecule has 8 heavy (non-hydrogen) atoms. The summed E-state index contributed by atoms with van der Waals surface area (Å²) >= 11 is 8.74. The minimum Gasteiger partial charge on any atom is -0.321 e. The minimum atomic E-state index is -0.363. The fraction of sp³-hybridized carbons (Fsp3) is 0.800. The summed E-state index contributed by atoms with van der Waals surface area (Å²) in [7, 11) is 0. The third-order valence-corrected chi connectivity index (χ3v) is 2.20. The van der Waals surface area contributed by atoms with Crippen LogP contribution in [-0.4, -0.2) is 9.74 Å². The van der Waals surface area contributed by atoms with Gasteiger partial charge in [0, 0.05) is 0 Å². The Bertz CT molecular complexity index is 98.6. The summed E-state index contributed by atoms with van der Waals surface area (Å²) in [5.41, 5.74) is 5.28. The first kappa shape index (κ1) is 8.40. The normalized spacial score (nSPS) is 17.5. The monoisotopic (exact) mass is 149 g/mol. The Kier molecular flexibility index (Phi) is 2.94. The lowest BCUT2D eigenvalue weighted by Crippen LogP contribution is -2.40. The van der Waals surface area contributed by atoms with Gasteiger partial charge in [-0.25, -0.2) is 0 Å². The summed E-state index contributed by atoms with van der Waals surface area (Å²) in [6.07, 6.45) is 0.843. The molecule has 3 heteroatoms. The Morgan fingerprint density at radius 2 is 2.25 bits per heavy atom. The summed E-state index contributed by atoms with van der Waals surface area (Å²) in [5.74, 6) is 0. The van der Waals surface area contributed by atoms with Crippen LogP contribution in [0.2, 0.25) is 0 Å². The number of rotatable bonds is 2. The third kappa shape index (κ3) is 2.11. The fourth-order valence-electron chi connectivity index (χ4n) is 0.151. The molecule has 0 bridgehead atoms. The average Bonchev–Trinajstić information content (AvgIpc) is 1.67. The zero-order valence-corrected chi connectivity index (χ0v) is 6.85. The van der Waals surface area contributed by atoms with Crippen LogP contribution in [0.1, 0.15) is 20.3 Å².